The second-order valence-electron chi connectivity index (χ2n) is 3.31. The van der Waals surface area contributed by atoms with Crippen molar-refractivity contribution in [2.24, 2.45) is 0 Å². The van der Waals surface area contributed by atoms with Gasteiger partial charge in [0, 0.05) is 12.1 Å². The van der Waals surface area contributed by atoms with E-state index in [0.29, 0.717) is 0 Å². The summed E-state index contributed by atoms with van der Waals surface area (Å²) in [5.41, 5.74) is 1.26. The first-order valence-electron chi connectivity index (χ1n) is 4.82. The van der Waals surface area contributed by atoms with Crippen LogP contribution in [0.1, 0.15) is 18.4 Å². The number of rotatable bonds is 5. The van der Waals surface area contributed by atoms with E-state index in [1.807, 2.05) is 18.2 Å². The zero-order valence-corrected chi connectivity index (χ0v) is 9.26. The van der Waals surface area contributed by atoms with Gasteiger partial charge in [0.15, 0.2) is 0 Å². The average Bonchev–Trinajstić information content (AvgIpc) is 2.19. The largest absolute Gasteiger partial charge is 0.381 e. The van der Waals surface area contributed by atoms with Crippen molar-refractivity contribution in [1.82, 2.24) is 0 Å². The quantitative estimate of drug-likeness (QED) is 0.724. The van der Waals surface area contributed by atoms with Crippen LogP contribution in [0.4, 0.5) is 0 Å². The van der Waals surface area contributed by atoms with Crippen molar-refractivity contribution in [2.75, 3.05) is 7.11 Å². The molecule has 1 radical (unpaired) electrons. The third kappa shape index (κ3) is 3.69. The van der Waals surface area contributed by atoms with Gasteiger partial charge in [-0.1, -0.05) is 30.7 Å². The molecule has 0 fully saturated rings. The van der Waals surface area contributed by atoms with E-state index in [4.69, 9.17) is 16.3 Å². The highest BCUT2D eigenvalue weighted by Gasteiger charge is 2.04. The lowest BCUT2D eigenvalue weighted by molar-refractivity contribution is 0.0975. The molecular weight excluding hydrogens is 196 g/mol. The van der Waals surface area contributed by atoms with E-state index in [-0.39, 0.29) is 6.10 Å². The minimum atomic E-state index is 0.258. The van der Waals surface area contributed by atoms with Gasteiger partial charge >= 0.3 is 0 Å². The lowest BCUT2D eigenvalue weighted by atomic mass is 10.1. The van der Waals surface area contributed by atoms with Crippen LogP contribution in [0.15, 0.2) is 24.3 Å². The molecule has 0 aliphatic heterocycles. The maximum absolute atomic E-state index is 5.88. The van der Waals surface area contributed by atoms with Gasteiger partial charge in [0.25, 0.3) is 0 Å². The molecule has 0 bridgehead atoms. The summed E-state index contributed by atoms with van der Waals surface area (Å²) in [6, 6.07) is 7.95. The maximum atomic E-state index is 5.88. The van der Waals surface area contributed by atoms with Crippen molar-refractivity contribution in [1.29, 1.82) is 0 Å². The van der Waals surface area contributed by atoms with Gasteiger partial charge in [0.1, 0.15) is 0 Å². The number of methoxy groups -OCH3 is 1. The fourth-order valence-corrected chi connectivity index (χ4v) is 1.61. The van der Waals surface area contributed by atoms with Gasteiger partial charge in [-0.3, -0.25) is 0 Å². The Labute approximate surface area is 91.0 Å². The molecule has 0 saturated carbocycles. The van der Waals surface area contributed by atoms with E-state index < -0.39 is 0 Å². The molecule has 1 atom stereocenters. The topological polar surface area (TPSA) is 9.23 Å². The Bertz CT molecular complexity index is 269. The highest BCUT2D eigenvalue weighted by Crippen LogP contribution is 2.14. The van der Waals surface area contributed by atoms with Gasteiger partial charge in [-0.05, 0) is 37.0 Å². The predicted molar refractivity (Wildman–Crippen MR) is 60.5 cm³/mol. The summed E-state index contributed by atoms with van der Waals surface area (Å²) in [7, 11) is 1.73. The van der Waals surface area contributed by atoms with Gasteiger partial charge in [-0.25, -0.2) is 0 Å². The van der Waals surface area contributed by atoms with E-state index >= 15 is 0 Å². The molecule has 14 heavy (non-hydrogen) atoms. The number of ether oxygens (including phenoxy) is 1. The summed E-state index contributed by atoms with van der Waals surface area (Å²) in [5, 5.41) is 0.797. The summed E-state index contributed by atoms with van der Waals surface area (Å²) < 4.78 is 5.26. The lowest BCUT2D eigenvalue weighted by Gasteiger charge is -2.12. The van der Waals surface area contributed by atoms with Gasteiger partial charge in [-0.2, -0.15) is 0 Å². The van der Waals surface area contributed by atoms with Gasteiger partial charge in [0.05, 0.1) is 6.10 Å². The standard InChI is InChI=1S/C12H16ClO/c1-3-12(14-2)8-7-10-5-4-6-11(13)9-10/h4-6,9,12H,1,3,7-8H2,2H3. The van der Waals surface area contributed by atoms with Crippen molar-refractivity contribution < 1.29 is 4.74 Å². The van der Waals surface area contributed by atoms with Crippen LogP contribution in [0.3, 0.4) is 0 Å². The molecule has 1 unspecified atom stereocenters. The molecule has 0 aliphatic rings. The van der Waals surface area contributed by atoms with Crippen LogP contribution >= 0.6 is 11.6 Å². The molecule has 1 rings (SSSR count). The number of hydrogen-bond acceptors (Lipinski definition) is 1. The van der Waals surface area contributed by atoms with Gasteiger partial charge < -0.3 is 4.74 Å². The molecule has 1 nitrogen and oxygen atoms in total. The predicted octanol–water partition coefficient (Wildman–Crippen LogP) is 3.51. The first kappa shape index (κ1) is 11.5. The smallest absolute Gasteiger partial charge is 0.0574 e. The third-order valence-corrected chi connectivity index (χ3v) is 2.53. The molecule has 0 N–H and O–H groups in total. The Kier molecular flexibility index (Phi) is 4.99. The molecule has 0 spiro atoms. The molecule has 0 amide bonds. The van der Waals surface area contributed by atoms with E-state index in [2.05, 4.69) is 13.0 Å². The molecule has 0 aromatic heterocycles. The summed E-state index contributed by atoms with van der Waals surface area (Å²) in [6.07, 6.45) is 3.07. The number of hydrogen-bond donors (Lipinski definition) is 0. The Morgan fingerprint density at radius 1 is 1.50 bits per heavy atom. The second-order valence-corrected chi connectivity index (χ2v) is 3.75. The number of aryl methyl sites for hydroxylation is 1. The summed E-state index contributed by atoms with van der Waals surface area (Å²) >= 11 is 5.88. The molecule has 1 aromatic rings. The van der Waals surface area contributed by atoms with Crippen LogP contribution in [-0.4, -0.2) is 13.2 Å². The fraction of sp³-hybridized carbons (Fsp3) is 0.417. The SMILES string of the molecule is [CH2]CC(CCc1cccc(Cl)c1)OC. The molecule has 2 heteroatoms. The van der Waals surface area contributed by atoms with Crippen LogP contribution in [0.2, 0.25) is 5.02 Å². The van der Waals surface area contributed by atoms with E-state index in [1.54, 1.807) is 7.11 Å². The summed E-state index contributed by atoms with van der Waals surface area (Å²) in [6.45, 7) is 3.84. The van der Waals surface area contributed by atoms with Crippen LogP contribution in [0.5, 0.6) is 0 Å². The molecule has 0 aliphatic carbocycles. The Morgan fingerprint density at radius 3 is 2.86 bits per heavy atom. The van der Waals surface area contributed by atoms with Crippen molar-refractivity contribution >= 4 is 11.6 Å². The highest BCUT2D eigenvalue weighted by atomic mass is 35.5. The van der Waals surface area contributed by atoms with Gasteiger partial charge in [0.2, 0.25) is 0 Å². The van der Waals surface area contributed by atoms with Crippen molar-refractivity contribution in [3.63, 3.8) is 0 Å². The molecule has 1 aromatic carbocycles. The minimum Gasteiger partial charge on any atom is -0.381 e. The van der Waals surface area contributed by atoms with Crippen LogP contribution in [-0.2, 0) is 11.2 Å². The first-order chi connectivity index (χ1) is 6.76. The monoisotopic (exact) mass is 211 g/mol. The number of benzene rings is 1. The van der Waals surface area contributed by atoms with Gasteiger partial charge in [-0.15, -0.1) is 0 Å². The normalized spacial score (nSPS) is 12.8. The second kappa shape index (κ2) is 6.05. The van der Waals surface area contributed by atoms with Crippen molar-refractivity contribution in [2.45, 2.75) is 25.4 Å². The molecule has 0 saturated heterocycles. The van der Waals surface area contributed by atoms with Crippen molar-refractivity contribution in [3.05, 3.63) is 41.8 Å². The van der Waals surface area contributed by atoms with Crippen molar-refractivity contribution in [3.8, 4) is 0 Å². The van der Waals surface area contributed by atoms with E-state index in [1.165, 1.54) is 5.56 Å². The fourth-order valence-electron chi connectivity index (χ4n) is 1.40. The highest BCUT2D eigenvalue weighted by molar-refractivity contribution is 6.30. The Hall–Kier alpha value is -0.530. The Balaban J connectivity index is 2.44. The lowest BCUT2D eigenvalue weighted by Crippen LogP contribution is -2.09. The molecule has 0 heterocycles. The zero-order valence-electron chi connectivity index (χ0n) is 8.50. The first-order valence-corrected chi connectivity index (χ1v) is 5.20. The van der Waals surface area contributed by atoms with Crippen LogP contribution in [0.25, 0.3) is 0 Å². The summed E-state index contributed by atoms with van der Waals surface area (Å²) in [5.74, 6) is 0. The van der Waals surface area contributed by atoms with Crippen LogP contribution < -0.4 is 0 Å². The maximum Gasteiger partial charge on any atom is 0.0574 e. The number of halogens is 1. The zero-order chi connectivity index (χ0) is 10.4. The summed E-state index contributed by atoms with van der Waals surface area (Å²) in [4.78, 5) is 0. The van der Waals surface area contributed by atoms with Crippen LogP contribution in [0, 0.1) is 6.92 Å². The third-order valence-electron chi connectivity index (χ3n) is 2.30. The average molecular weight is 212 g/mol. The minimum absolute atomic E-state index is 0.258. The van der Waals surface area contributed by atoms with E-state index in [9.17, 15) is 0 Å². The molecule has 77 valence electrons. The Morgan fingerprint density at radius 2 is 2.29 bits per heavy atom. The molecular formula is C12H16ClO. The van der Waals surface area contributed by atoms with E-state index in [0.717, 1.165) is 24.3 Å².